The van der Waals surface area contributed by atoms with Crippen molar-refractivity contribution in [2.24, 2.45) is 0 Å². The quantitative estimate of drug-likeness (QED) is 0.699. The van der Waals surface area contributed by atoms with E-state index in [1.807, 2.05) is 30.3 Å². The second-order valence-electron chi connectivity index (χ2n) is 3.16. The van der Waals surface area contributed by atoms with Gasteiger partial charge in [0, 0.05) is 5.92 Å². The van der Waals surface area contributed by atoms with Gasteiger partial charge in [-0.1, -0.05) is 49.4 Å². The van der Waals surface area contributed by atoms with Crippen LogP contribution in [-0.4, -0.2) is 11.7 Å². The summed E-state index contributed by atoms with van der Waals surface area (Å²) in [4.78, 5) is 0. The molecule has 0 aromatic heterocycles. The molecule has 0 bridgehead atoms. The van der Waals surface area contributed by atoms with E-state index in [0.29, 0.717) is 0 Å². The zero-order valence-electron chi connectivity index (χ0n) is 8.03. The molecule has 0 saturated heterocycles. The minimum absolute atomic E-state index is 0.103. The average molecular weight is 176 g/mol. The predicted molar refractivity (Wildman–Crippen MR) is 55.7 cm³/mol. The van der Waals surface area contributed by atoms with Crippen molar-refractivity contribution in [3.63, 3.8) is 0 Å². The molecule has 1 atom stereocenters. The maximum absolute atomic E-state index is 9.22. The molecule has 0 amide bonds. The Morgan fingerprint density at radius 3 is 2.46 bits per heavy atom. The van der Waals surface area contributed by atoms with Crippen LogP contribution in [0.5, 0.6) is 0 Å². The van der Waals surface area contributed by atoms with Crippen LogP contribution < -0.4 is 0 Å². The molecule has 1 nitrogen and oxygen atoms in total. The van der Waals surface area contributed by atoms with Gasteiger partial charge in [0.1, 0.15) is 0 Å². The van der Waals surface area contributed by atoms with E-state index in [9.17, 15) is 5.11 Å². The second kappa shape index (κ2) is 4.83. The fourth-order valence-electron chi connectivity index (χ4n) is 1.40. The summed E-state index contributed by atoms with van der Waals surface area (Å²) in [6.07, 6.45) is 0.917. The van der Waals surface area contributed by atoms with Gasteiger partial charge in [-0.15, -0.1) is 0 Å². The summed E-state index contributed by atoms with van der Waals surface area (Å²) >= 11 is 0. The Balaban J connectivity index is 2.85. The zero-order chi connectivity index (χ0) is 9.68. The highest BCUT2D eigenvalue weighted by atomic mass is 16.3. The van der Waals surface area contributed by atoms with Crippen molar-refractivity contribution in [1.29, 1.82) is 0 Å². The molecule has 0 saturated carbocycles. The van der Waals surface area contributed by atoms with Gasteiger partial charge in [0.2, 0.25) is 0 Å². The molecular weight excluding hydrogens is 160 g/mol. The van der Waals surface area contributed by atoms with Crippen molar-refractivity contribution in [3.8, 4) is 0 Å². The summed E-state index contributed by atoms with van der Waals surface area (Å²) in [5.41, 5.74) is 2.24. The molecule has 0 aliphatic heterocycles. The van der Waals surface area contributed by atoms with Crippen molar-refractivity contribution in [2.45, 2.75) is 19.3 Å². The number of hydrogen-bond acceptors (Lipinski definition) is 1. The minimum atomic E-state index is 0.103. The first-order valence-electron chi connectivity index (χ1n) is 4.63. The lowest BCUT2D eigenvalue weighted by Gasteiger charge is -2.15. The molecule has 0 radical (unpaired) electrons. The molecule has 1 rings (SSSR count). The van der Waals surface area contributed by atoms with E-state index < -0.39 is 0 Å². The molecule has 70 valence electrons. The highest BCUT2D eigenvalue weighted by Crippen LogP contribution is 2.24. The van der Waals surface area contributed by atoms with Crippen molar-refractivity contribution in [2.75, 3.05) is 6.61 Å². The number of benzene rings is 1. The molecular formula is C12H16O. The number of aliphatic hydroxyl groups excluding tert-OH is 1. The molecule has 1 aromatic rings. The summed E-state index contributed by atoms with van der Waals surface area (Å²) in [7, 11) is 0. The van der Waals surface area contributed by atoms with Gasteiger partial charge in [0.05, 0.1) is 6.61 Å². The Kier molecular flexibility index (Phi) is 3.71. The summed E-state index contributed by atoms with van der Waals surface area (Å²) in [6, 6.07) is 10.0. The largest absolute Gasteiger partial charge is 0.395 e. The summed E-state index contributed by atoms with van der Waals surface area (Å²) in [5, 5.41) is 9.22. The Morgan fingerprint density at radius 2 is 2.00 bits per heavy atom. The van der Waals surface area contributed by atoms with E-state index >= 15 is 0 Å². The third-order valence-corrected chi connectivity index (χ3v) is 2.33. The predicted octanol–water partition coefficient (Wildman–Crippen LogP) is 2.73. The normalized spacial score (nSPS) is 12.5. The highest BCUT2D eigenvalue weighted by molar-refractivity contribution is 5.27. The first-order chi connectivity index (χ1) is 6.29. The van der Waals surface area contributed by atoms with Crippen molar-refractivity contribution in [3.05, 3.63) is 48.0 Å². The molecule has 0 aliphatic carbocycles. The first-order valence-corrected chi connectivity index (χ1v) is 4.63. The third kappa shape index (κ3) is 2.43. The van der Waals surface area contributed by atoms with E-state index in [4.69, 9.17) is 0 Å². The van der Waals surface area contributed by atoms with E-state index in [1.54, 1.807) is 0 Å². The van der Waals surface area contributed by atoms with Gasteiger partial charge >= 0.3 is 0 Å². The van der Waals surface area contributed by atoms with Crippen LogP contribution in [0.2, 0.25) is 0 Å². The van der Waals surface area contributed by atoms with Crippen LogP contribution in [0.15, 0.2) is 42.5 Å². The second-order valence-corrected chi connectivity index (χ2v) is 3.16. The van der Waals surface area contributed by atoms with Gasteiger partial charge < -0.3 is 5.11 Å². The van der Waals surface area contributed by atoms with Gasteiger partial charge in [-0.2, -0.15) is 0 Å². The Labute approximate surface area is 79.7 Å². The lowest BCUT2D eigenvalue weighted by atomic mass is 9.91. The van der Waals surface area contributed by atoms with Gasteiger partial charge in [0.15, 0.2) is 0 Å². The summed E-state index contributed by atoms with van der Waals surface area (Å²) in [5.74, 6) is 0.103. The standard InChI is InChI=1S/C12H16O/c1-3-10(2)12(9-13)11-7-5-4-6-8-11/h4-8,12-13H,2-3,9H2,1H3. The first kappa shape index (κ1) is 10.0. The van der Waals surface area contributed by atoms with Crippen LogP contribution in [0.3, 0.4) is 0 Å². The van der Waals surface area contributed by atoms with E-state index in [1.165, 1.54) is 0 Å². The van der Waals surface area contributed by atoms with Gasteiger partial charge in [-0.3, -0.25) is 0 Å². The van der Waals surface area contributed by atoms with Gasteiger partial charge in [-0.25, -0.2) is 0 Å². The Morgan fingerprint density at radius 1 is 1.38 bits per heavy atom. The van der Waals surface area contributed by atoms with Crippen LogP contribution in [0.25, 0.3) is 0 Å². The van der Waals surface area contributed by atoms with E-state index in [2.05, 4.69) is 13.5 Å². The summed E-state index contributed by atoms with van der Waals surface area (Å²) in [6.45, 7) is 6.17. The van der Waals surface area contributed by atoms with E-state index in [-0.39, 0.29) is 12.5 Å². The maximum Gasteiger partial charge on any atom is 0.0537 e. The molecule has 0 heterocycles. The third-order valence-electron chi connectivity index (χ3n) is 2.33. The Bertz CT molecular complexity index is 264. The molecule has 0 spiro atoms. The molecule has 1 aromatic carbocycles. The van der Waals surface area contributed by atoms with Crippen LogP contribution in [-0.2, 0) is 0 Å². The molecule has 1 heteroatoms. The molecule has 0 fully saturated rings. The maximum atomic E-state index is 9.22. The number of rotatable bonds is 4. The smallest absolute Gasteiger partial charge is 0.0537 e. The van der Waals surface area contributed by atoms with Crippen LogP contribution in [0.4, 0.5) is 0 Å². The average Bonchev–Trinajstić information content (AvgIpc) is 2.20. The van der Waals surface area contributed by atoms with Crippen LogP contribution in [0, 0.1) is 0 Å². The van der Waals surface area contributed by atoms with E-state index in [0.717, 1.165) is 17.6 Å². The summed E-state index contributed by atoms with van der Waals surface area (Å²) < 4.78 is 0. The monoisotopic (exact) mass is 176 g/mol. The van der Waals surface area contributed by atoms with Crippen LogP contribution in [0.1, 0.15) is 24.8 Å². The molecule has 0 aliphatic rings. The highest BCUT2D eigenvalue weighted by Gasteiger charge is 2.11. The van der Waals surface area contributed by atoms with Crippen molar-refractivity contribution < 1.29 is 5.11 Å². The zero-order valence-corrected chi connectivity index (χ0v) is 8.03. The Hall–Kier alpha value is -1.08. The fraction of sp³-hybridized carbons (Fsp3) is 0.333. The van der Waals surface area contributed by atoms with Gasteiger partial charge in [-0.05, 0) is 12.0 Å². The molecule has 1 unspecified atom stereocenters. The SMILES string of the molecule is C=C(CC)C(CO)c1ccccc1. The van der Waals surface area contributed by atoms with Crippen molar-refractivity contribution >= 4 is 0 Å². The molecule has 1 N–H and O–H groups in total. The lowest BCUT2D eigenvalue weighted by Crippen LogP contribution is -2.05. The lowest BCUT2D eigenvalue weighted by molar-refractivity contribution is 0.278. The minimum Gasteiger partial charge on any atom is -0.395 e. The van der Waals surface area contributed by atoms with Gasteiger partial charge in [0.25, 0.3) is 0 Å². The van der Waals surface area contributed by atoms with Crippen LogP contribution >= 0.6 is 0 Å². The van der Waals surface area contributed by atoms with Crippen molar-refractivity contribution in [1.82, 2.24) is 0 Å². The number of aliphatic hydroxyl groups is 1. The fourth-order valence-corrected chi connectivity index (χ4v) is 1.40. The molecule has 13 heavy (non-hydrogen) atoms. The number of hydrogen-bond donors (Lipinski definition) is 1. The topological polar surface area (TPSA) is 20.2 Å².